The fourth-order valence-corrected chi connectivity index (χ4v) is 2.96. The van der Waals surface area contributed by atoms with Gasteiger partial charge < -0.3 is 9.72 Å². The van der Waals surface area contributed by atoms with Crippen LogP contribution in [0.5, 0.6) is 0 Å². The summed E-state index contributed by atoms with van der Waals surface area (Å²) in [7, 11) is 1.28. The lowest BCUT2D eigenvalue weighted by Gasteiger charge is -2.13. The summed E-state index contributed by atoms with van der Waals surface area (Å²) >= 11 is 0. The van der Waals surface area contributed by atoms with Crippen LogP contribution in [-0.4, -0.2) is 29.5 Å². The third kappa shape index (κ3) is 4.55. The summed E-state index contributed by atoms with van der Waals surface area (Å²) in [5, 5.41) is 8.65. The van der Waals surface area contributed by atoms with Gasteiger partial charge in [0.25, 0.3) is 0 Å². The molecule has 0 saturated heterocycles. The van der Waals surface area contributed by atoms with Gasteiger partial charge in [0.1, 0.15) is 0 Å². The van der Waals surface area contributed by atoms with E-state index >= 15 is 0 Å². The lowest BCUT2D eigenvalue weighted by atomic mass is 9.97. The molecule has 146 valence electrons. The first-order chi connectivity index (χ1) is 14.0. The lowest BCUT2D eigenvalue weighted by Crippen LogP contribution is -2.18. The van der Waals surface area contributed by atoms with Crippen LogP contribution in [0.3, 0.4) is 0 Å². The summed E-state index contributed by atoms with van der Waals surface area (Å²) in [6.45, 7) is 3.60. The molecule has 29 heavy (non-hydrogen) atoms. The van der Waals surface area contributed by atoms with E-state index < -0.39 is 11.5 Å². The van der Waals surface area contributed by atoms with E-state index in [1.54, 1.807) is 6.92 Å². The molecule has 0 fully saturated rings. The molecule has 3 rings (SSSR count). The van der Waals surface area contributed by atoms with E-state index in [1.165, 1.54) is 13.2 Å². The van der Waals surface area contributed by atoms with Crippen molar-refractivity contribution in [2.24, 2.45) is 10.2 Å². The van der Waals surface area contributed by atoms with Crippen LogP contribution in [0.25, 0.3) is 11.3 Å². The predicted octanol–water partition coefficient (Wildman–Crippen LogP) is 4.06. The number of aromatic nitrogens is 1. The van der Waals surface area contributed by atoms with Gasteiger partial charge in [-0.1, -0.05) is 60.7 Å². The van der Waals surface area contributed by atoms with E-state index in [0.717, 1.165) is 16.8 Å². The number of nitrogens with zero attached hydrogens (tertiary/aromatic N) is 2. The van der Waals surface area contributed by atoms with Gasteiger partial charge in [0.05, 0.1) is 29.8 Å². The van der Waals surface area contributed by atoms with E-state index in [2.05, 4.69) is 15.2 Å². The first-order valence-electron chi connectivity index (χ1n) is 9.07. The number of rotatable bonds is 5. The molecule has 2 aromatic carbocycles. The highest BCUT2D eigenvalue weighted by Gasteiger charge is 2.20. The van der Waals surface area contributed by atoms with Gasteiger partial charge in [0, 0.05) is 11.6 Å². The Morgan fingerprint density at radius 1 is 0.897 bits per heavy atom. The van der Waals surface area contributed by atoms with Gasteiger partial charge in [-0.2, -0.15) is 10.2 Å². The van der Waals surface area contributed by atoms with Crippen molar-refractivity contribution in [2.45, 2.75) is 13.8 Å². The number of nitrogens with one attached hydrogen (secondary N) is 1. The highest BCUT2D eigenvalue weighted by molar-refractivity contribution is 6.12. The number of benzene rings is 2. The number of methoxy groups -OCH3 is 1. The molecule has 6 heteroatoms. The third-order valence-corrected chi connectivity index (χ3v) is 4.41. The van der Waals surface area contributed by atoms with Crippen molar-refractivity contribution < 1.29 is 9.53 Å². The van der Waals surface area contributed by atoms with Gasteiger partial charge >= 0.3 is 5.97 Å². The largest absolute Gasteiger partial charge is 0.465 e. The van der Waals surface area contributed by atoms with Crippen molar-refractivity contribution in [3.05, 3.63) is 93.8 Å². The Labute approximate surface area is 168 Å². The summed E-state index contributed by atoms with van der Waals surface area (Å²) in [6, 6.07) is 20.2. The van der Waals surface area contributed by atoms with E-state index in [4.69, 9.17) is 4.74 Å². The molecular formula is C23H21N3O3. The van der Waals surface area contributed by atoms with Gasteiger partial charge in [0.15, 0.2) is 0 Å². The summed E-state index contributed by atoms with van der Waals surface area (Å²) in [5.74, 6) is -0.610. The van der Waals surface area contributed by atoms with Crippen molar-refractivity contribution in [1.82, 2.24) is 4.98 Å². The molecule has 0 aliphatic heterocycles. The molecule has 3 aromatic rings. The van der Waals surface area contributed by atoms with Crippen molar-refractivity contribution in [1.29, 1.82) is 0 Å². The molecule has 6 nitrogen and oxygen atoms in total. The van der Waals surface area contributed by atoms with Crippen LogP contribution < -0.4 is 5.56 Å². The Bertz CT molecular complexity index is 1130. The SMILES string of the molecule is COC(=O)c1cc(=O)[nH]c(-c2ccccc2)c1/C(C)=N\N=C(\C)c1ccccc1. The number of H-pyrrole nitrogens is 1. The van der Waals surface area contributed by atoms with Crippen LogP contribution in [0.4, 0.5) is 0 Å². The Kier molecular flexibility index (Phi) is 6.14. The number of aromatic amines is 1. The summed E-state index contributed by atoms with van der Waals surface area (Å²) < 4.78 is 4.89. The second-order valence-corrected chi connectivity index (χ2v) is 6.39. The monoisotopic (exact) mass is 387 g/mol. The topological polar surface area (TPSA) is 83.9 Å². The second kappa shape index (κ2) is 8.93. The molecule has 0 radical (unpaired) electrons. The van der Waals surface area contributed by atoms with Crippen LogP contribution in [0.15, 0.2) is 81.7 Å². The van der Waals surface area contributed by atoms with Crippen molar-refractivity contribution in [2.75, 3.05) is 7.11 Å². The Balaban J connectivity index is 2.18. The maximum atomic E-state index is 12.4. The van der Waals surface area contributed by atoms with Gasteiger partial charge in [-0.05, 0) is 25.0 Å². The zero-order valence-corrected chi connectivity index (χ0v) is 16.5. The summed E-state index contributed by atoms with van der Waals surface area (Å²) in [4.78, 5) is 27.4. The lowest BCUT2D eigenvalue weighted by molar-refractivity contribution is 0.0600. The molecule has 1 heterocycles. The van der Waals surface area contributed by atoms with Crippen LogP contribution in [0.1, 0.15) is 35.3 Å². The van der Waals surface area contributed by atoms with E-state index in [0.29, 0.717) is 17.0 Å². The minimum atomic E-state index is -0.610. The average molecular weight is 387 g/mol. The van der Waals surface area contributed by atoms with E-state index in [9.17, 15) is 9.59 Å². The van der Waals surface area contributed by atoms with Gasteiger partial charge in [-0.25, -0.2) is 4.79 Å². The number of carbonyl (C=O) groups is 1. The van der Waals surface area contributed by atoms with E-state index in [1.807, 2.05) is 67.6 Å². The predicted molar refractivity (Wildman–Crippen MR) is 115 cm³/mol. The summed E-state index contributed by atoms with van der Waals surface area (Å²) in [5.41, 5.74) is 3.63. The average Bonchev–Trinajstić information content (AvgIpc) is 2.77. The smallest absolute Gasteiger partial charge is 0.338 e. The standard InChI is InChI=1S/C23H21N3O3/c1-15(17-10-6-4-7-11-17)25-26-16(2)21-19(23(28)29-3)14-20(27)24-22(21)18-12-8-5-9-13-18/h4-14H,1-3H3,(H,24,27)/b25-15-,26-16-. The van der Waals surface area contributed by atoms with Crippen molar-refractivity contribution >= 4 is 17.4 Å². The quantitative estimate of drug-likeness (QED) is 0.407. The molecular weight excluding hydrogens is 366 g/mol. The third-order valence-electron chi connectivity index (χ3n) is 4.41. The molecule has 0 aliphatic rings. The Morgan fingerprint density at radius 2 is 1.48 bits per heavy atom. The number of pyridine rings is 1. The normalized spacial score (nSPS) is 12.0. The minimum Gasteiger partial charge on any atom is -0.465 e. The molecule has 1 N–H and O–H groups in total. The zero-order chi connectivity index (χ0) is 20.8. The van der Waals surface area contributed by atoms with Gasteiger partial charge in [-0.3, -0.25) is 4.79 Å². The van der Waals surface area contributed by atoms with E-state index in [-0.39, 0.29) is 5.56 Å². The maximum Gasteiger partial charge on any atom is 0.338 e. The number of esters is 1. The highest BCUT2D eigenvalue weighted by Crippen LogP contribution is 2.24. The summed E-state index contributed by atoms with van der Waals surface area (Å²) in [6.07, 6.45) is 0. The highest BCUT2D eigenvalue weighted by atomic mass is 16.5. The molecule has 0 unspecified atom stereocenters. The maximum absolute atomic E-state index is 12.4. The Morgan fingerprint density at radius 3 is 2.10 bits per heavy atom. The van der Waals surface area contributed by atoms with Gasteiger partial charge in [-0.15, -0.1) is 0 Å². The number of hydrogen-bond acceptors (Lipinski definition) is 5. The molecule has 0 aliphatic carbocycles. The molecule has 0 saturated carbocycles. The molecule has 0 bridgehead atoms. The van der Waals surface area contributed by atoms with Crippen molar-refractivity contribution in [3.63, 3.8) is 0 Å². The van der Waals surface area contributed by atoms with Crippen molar-refractivity contribution in [3.8, 4) is 11.3 Å². The molecule has 0 atom stereocenters. The van der Waals surface area contributed by atoms with Crippen LogP contribution in [0.2, 0.25) is 0 Å². The Hall–Kier alpha value is -3.80. The zero-order valence-electron chi connectivity index (χ0n) is 16.5. The van der Waals surface area contributed by atoms with Crippen LogP contribution >= 0.6 is 0 Å². The molecule has 0 spiro atoms. The molecule has 1 aromatic heterocycles. The van der Waals surface area contributed by atoms with Crippen LogP contribution in [-0.2, 0) is 4.74 Å². The number of ether oxygens (including phenoxy) is 1. The van der Waals surface area contributed by atoms with Crippen LogP contribution in [0, 0.1) is 0 Å². The first-order valence-corrected chi connectivity index (χ1v) is 9.07. The fourth-order valence-electron chi connectivity index (χ4n) is 2.96. The molecule has 0 amide bonds. The number of hydrogen-bond donors (Lipinski definition) is 1. The van der Waals surface area contributed by atoms with Gasteiger partial charge in [0.2, 0.25) is 5.56 Å². The minimum absolute atomic E-state index is 0.143. The first kappa shape index (κ1) is 19.9. The second-order valence-electron chi connectivity index (χ2n) is 6.39. The fraction of sp³-hybridized carbons (Fsp3) is 0.130. The number of carbonyl (C=O) groups excluding carboxylic acids is 1.